The Hall–Kier alpha value is -2.55. The number of aryl methyl sites for hydroxylation is 4. The molecule has 4 aromatic rings. The molecule has 0 saturated carbocycles. The van der Waals surface area contributed by atoms with Crippen molar-refractivity contribution in [2.45, 2.75) is 96.0 Å². The number of benzene rings is 4. The third kappa shape index (κ3) is 5.27. The Kier molecular flexibility index (Phi) is 8.17. The minimum absolute atomic E-state index is 0.255. The monoisotopic (exact) mass is 790 g/mol. The van der Waals surface area contributed by atoms with Crippen molar-refractivity contribution < 1.29 is 17.1 Å². The Balaban J connectivity index is 1.67. The van der Waals surface area contributed by atoms with E-state index in [1.54, 1.807) is 11.1 Å². The van der Waals surface area contributed by atoms with E-state index in [0.717, 1.165) is 0 Å². The van der Waals surface area contributed by atoms with Gasteiger partial charge in [0.1, 0.15) is 0 Å². The molecule has 0 bridgehead atoms. The Morgan fingerprint density at radius 2 is 0.913 bits per heavy atom. The maximum atomic E-state index is 2.91. The van der Waals surface area contributed by atoms with Crippen LogP contribution < -0.4 is 0 Å². The van der Waals surface area contributed by atoms with Crippen molar-refractivity contribution in [3.8, 4) is 22.3 Å². The quantitative estimate of drug-likeness (QED) is 0.181. The number of allylic oxidation sites excluding steroid dienone is 2. The number of fused-ring (bicyclic) bond motifs is 2. The van der Waals surface area contributed by atoms with Gasteiger partial charge in [0, 0.05) is 0 Å². The summed E-state index contributed by atoms with van der Waals surface area (Å²) >= 11 is -4.17. The van der Waals surface area contributed by atoms with Crippen molar-refractivity contribution in [2.24, 2.45) is 0 Å². The number of rotatable bonds is 4. The molecule has 0 nitrogen and oxygen atoms in total. The Labute approximate surface area is 280 Å². The van der Waals surface area contributed by atoms with Crippen molar-refractivity contribution in [1.29, 1.82) is 0 Å². The molecule has 6 rings (SSSR count). The first-order chi connectivity index (χ1) is 21.4. The van der Waals surface area contributed by atoms with E-state index in [4.69, 9.17) is 0 Å². The van der Waals surface area contributed by atoms with Crippen LogP contribution in [0.5, 0.6) is 0 Å². The van der Waals surface area contributed by atoms with Gasteiger partial charge >= 0.3 is 283 Å². The summed E-state index contributed by atoms with van der Waals surface area (Å²) < 4.78 is 6.81. The Morgan fingerprint density at radius 3 is 1.28 bits per heavy atom. The molecule has 2 aliphatic carbocycles. The van der Waals surface area contributed by atoms with Crippen LogP contribution in [0.1, 0.15) is 93.4 Å². The maximum absolute atomic E-state index is 4.17. The molecule has 0 spiro atoms. The van der Waals surface area contributed by atoms with Crippen LogP contribution in [0.25, 0.3) is 34.4 Å². The average Bonchev–Trinajstić information content (AvgIpc) is 3.60. The van der Waals surface area contributed by atoms with Gasteiger partial charge in [-0.05, 0) is 0 Å². The predicted octanol–water partition coefficient (Wildman–Crippen LogP) is 13.5. The average molecular weight is 789 g/mol. The van der Waals surface area contributed by atoms with Crippen molar-refractivity contribution in [3.63, 3.8) is 0 Å². The van der Waals surface area contributed by atoms with Gasteiger partial charge in [-0.25, -0.2) is 0 Å². The molecule has 2 atom stereocenters. The normalized spacial score (nSPS) is 17.8. The topological polar surface area (TPSA) is 0 Å². The van der Waals surface area contributed by atoms with Crippen LogP contribution in [0.4, 0.5) is 0 Å². The van der Waals surface area contributed by atoms with E-state index in [1.807, 2.05) is 0 Å². The van der Waals surface area contributed by atoms with Gasteiger partial charge in [0.15, 0.2) is 0 Å². The summed E-state index contributed by atoms with van der Waals surface area (Å²) in [7, 11) is 0. The third-order valence-corrected chi connectivity index (χ3v) is 71.6. The summed E-state index contributed by atoms with van der Waals surface area (Å²) in [6.07, 6.45) is 10.4. The Morgan fingerprint density at radius 1 is 0.522 bits per heavy atom. The summed E-state index contributed by atoms with van der Waals surface area (Å²) in [5.74, 6) is 0. The number of hydrogen-bond acceptors (Lipinski definition) is 0. The molecule has 0 fully saturated rings. The Bertz CT molecular complexity index is 1870. The zero-order chi connectivity index (χ0) is 33.4. The van der Waals surface area contributed by atoms with Crippen molar-refractivity contribution in [3.05, 3.63) is 129 Å². The summed E-state index contributed by atoms with van der Waals surface area (Å²) in [6.45, 7) is 24.4. The number of hydrogen-bond donors (Lipinski definition) is 0. The van der Waals surface area contributed by atoms with Crippen LogP contribution in [0.3, 0.4) is 0 Å². The zero-order valence-corrected chi connectivity index (χ0v) is 35.0. The van der Waals surface area contributed by atoms with Gasteiger partial charge in [-0.2, -0.15) is 0 Å². The van der Waals surface area contributed by atoms with E-state index >= 15 is 0 Å². The van der Waals surface area contributed by atoms with Gasteiger partial charge in [0.2, 0.25) is 0 Å². The molecule has 0 aromatic heterocycles. The first-order valence-corrected chi connectivity index (χ1v) is 35.5. The van der Waals surface area contributed by atoms with Crippen molar-refractivity contribution in [2.75, 3.05) is 0 Å². The molecule has 0 saturated heterocycles. The van der Waals surface area contributed by atoms with Gasteiger partial charge in [0.25, 0.3) is 0 Å². The zero-order valence-electron chi connectivity index (χ0n) is 30.4. The van der Waals surface area contributed by atoms with E-state index in [1.165, 1.54) is 55.6 Å². The molecule has 2 unspecified atom stereocenters. The van der Waals surface area contributed by atoms with Crippen molar-refractivity contribution in [1.82, 2.24) is 0 Å². The van der Waals surface area contributed by atoms with Gasteiger partial charge in [-0.15, -0.1) is 0 Å². The van der Waals surface area contributed by atoms with E-state index in [9.17, 15) is 0 Å². The molecule has 0 amide bonds. The van der Waals surface area contributed by atoms with E-state index in [2.05, 4.69) is 176 Å². The summed E-state index contributed by atoms with van der Waals surface area (Å²) in [6, 6.07) is 28.3. The van der Waals surface area contributed by atoms with Crippen LogP contribution in [0.15, 0.2) is 84.9 Å². The van der Waals surface area contributed by atoms with E-state index < -0.39 is 22.6 Å². The molecule has 0 heterocycles. The fraction of sp³-hybridized carbons (Fsp3) is 0.364. The molecular formula is C44H54HfSi. The molecule has 46 heavy (non-hydrogen) atoms. The van der Waals surface area contributed by atoms with Crippen molar-refractivity contribution >= 4 is 17.6 Å². The van der Waals surface area contributed by atoms with Gasteiger partial charge < -0.3 is 0 Å². The standard InChI is InChI=1S/2C17H15.C8H18Si.2CH3.Hf/c2*1-12-9-10-13(2)17(11-12)16-8-4-6-14-5-3-7-15(14)16;1-7(2,3)9-8(4,5)6;;;/h2*3-11H,1-2H3;1-6H3;2*1H3;. The third-order valence-electron chi connectivity index (χ3n) is 11.4. The molecule has 0 radical (unpaired) electrons. The molecule has 0 N–H and O–H groups in total. The summed E-state index contributed by atoms with van der Waals surface area (Å²) in [4.78, 5) is 0. The second-order valence-electron chi connectivity index (χ2n) is 17.4. The van der Waals surface area contributed by atoms with E-state index in [0.29, 0.717) is 7.35 Å². The van der Waals surface area contributed by atoms with Crippen LogP contribution in [0.2, 0.25) is 19.4 Å². The molecular weight excluding hydrogens is 735 g/mol. The minimum atomic E-state index is -4.17. The molecule has 2 heteroatoms. The fourth-order valence-electron chi connectivity index (χ4n) is 10.7. The predicted molar refractivity (Wildman–Crippen MR) is 203 cm³/mol. The first-order valence-electron chi connectivity index (χ1n) is 17.3. The van der Waals surface area contributed by atoms with Crippen LogP contribution in [-0.2, 0) is 17.1 Å². The van der Waals surface area contributed by atoms with Crippen LogP contribution in [-0.4, -0.2) is 5.49 Å². The van der Waals surface area contributed by atoms with Gasteiger partial charge in [-0.3, -0.25) is 0 Å². The summed E-state index contributed by atoms with van der Waals surface area (Å²) in [5.41, 5.74) is 16.1. The van der Waals surface area contributed by atoms with Gasteiger partial charge in [-0.1, -0.05) is 0 Å². The van der Waals surface area contributed by atoms with Gasteiger partial charge in [0.05, 0.1) is 0 Å². The molecule has 4 aromatic carbocycles. The fourth-order valence-corrected chi connectivity index (χ4v) is 95.2. The molecule has 2 aliphatic rings. The second kappa shape index (κ2) is 11.3. The molecule has 0 aliphatic heterocycles. The van der Waals surface area contributed by atoms with Crippen LogP contribution in [0, 0.1) is 27.7 Å². The second-order valence-corrected chi connectivity index (χ2v) is 62.7. The van der Waals surface area contributed by atoms with E-state index in [-0.39, 0.29) is 10.1 Å². The molecule has 238 valence electrons. The van der Waals surface area contributed by atoms with Crippen LogP contribution >= 0.6 is 0 Å². The first kappa shape index (κ1) is 33.4. The summed E-state index contributed by atoms with van der Waals surface area (Å²) in [5, 5.41) is 0.509. The SMILES string of the molecule is Cc1ccc(C)c(-c2cccc3c2C=C[CH]3[Hf]([CH3])([CH3])([CH]2C=Cc3c(-c4cc(C)ccc4C)cccc32)=[Si](C(C)(C)C)C(C)(C)C)c1.